The summed E-state index contributed by atoms with van der Waals surface area (Å²) in [5.74, 6) is -0.724. The van der Waals surface area contributed by atoms with Crippen molar-refractivity contribution in [2.24, 2.45) is 0 Å². The molecule has 1 aromatic rings. The van der Waals surface area contributed by atoms with Crippen LogP contribution in [0.5, 0.6) is 0 Å². The fourth-order valence-electron chi connectivity index (χ4n) is 3.23. The lowest BCUT2D eigenvalue weighted by Gasteiger charge is -2.38. The van der Waals surface area contributed by atoms with Gasteiger partial charge in [0, 0.05) is 30.1 Å². The number of carbonyl (C=O) groups is 1. The highest BCUT2D eigenvalue weighted by atomic mass is 79.9. The molecule has 1 aromatic carbocycles. The highest BCUT2D eigenvalue weighted by Gasteiger charge is 2.36. The van der Waals surface area contributed by atoms with Gasteiger partial charge in [0.2, 0.25) is 0 Å². The summed E-state index contributed by atoms with van der Waals surface area (Å²) in [5.41, 5.74) is 2.65. The van der Waals surface area contributed by atoms with Crippen LogP contribution in [0.3, 0.4) is 0 Å². The number of carboxylic acids is 1. The lowest BCUT2D eigenvalue weighted by Crippen LogP contribution is -2.55. The fourth-order valence-corrected chi connectivity index (χ4v) is 3.64. The summed E-state index contributed by atoms with van der Waals surface area (Å²) in [5, 5.41) is 12.5. The lowest BCUT2D eigenvalue weighted by atomic mass is 10.0. The van der Waals surface area contributed by atoms with Gasteiger partial charge in [-0.05, 0) is 36.1 Å². The number of nitrogens with zero attached hydrogens (tertiary/aromatic N) is 1. The first-order chi connectivity index (χ1) is 9.16. The molecular weight excluding hydrogens is 308 g/mol. The average Bonchev–Trinajstić information content (AvgIpc) is 2.81. The minimum atomic E-state index is -0.724. The molecule has 1 heterocycles. The summed E-state index contributed by atoms with van der Waals surface area (Å²) in [7, 11) is 0. The zero-order chi connectivity index (χ0) is 13.4. The molecule has 2 unspecified atom stereocenters. The molecule has 2 N–H and O–H groups in total. The Labute approximate surface area is 120 Å². The molecule has 1 aliphatic carbocycles. The van der Waals surface area contributed by atoms with Crippen LogP contribution >= 0.6 is 15.9 Å². The first-order valence-electron chi connectivity index (χ1n) is 6.64. The van der Waals surface area contributed by atoms with Gasteiger partial charge in [0.05, 0.1) is 0 Å². The second-order valence-electron chi connectivity index (χ2n) is 5.19. The molecule has 0 aromatic heterocycles. The van der Waals surface area contributed by atoms with Crippen molar-refractivity contribution in [1.82, 2.24) is 10.2 Å². The summed E-state index contributed by atoms with van der Waals surface area (Å²) in [6.45, 7) is 2.21. The van der Waals surface area contributed by atoms with Crippen LogP contribution in [0, 0.1) is 0 Å². The average molecular weight is 325 g/mol. The van der Waals surface area contributed by atoms with E-state index in [0.717, 1.165) is 30.4 Å². The number of carboxylic acid groups (broad SMARTS) is 1. The number of hydrogen-bond acceptors (Lipinski definition) is 3. The van der Waals surface area contributed by atoms with Crippen molar-refractivity contribution in [2.45, 2.75) is 24.9 Å². The van der Waals surface area contributed by atoms with E-state index >= 15 is 0 Å². The van der Waals surface area contributed by atoms with Crippen molar-refractivity contribution in [3.63, 3.8) is 0 Å². The fraction of sp³-hybridized carbons (Fsp3) is 0.500. The Balaban J connectivity index is 1.89. The predicted molar refractivity (Wildman–Crippen MR) is 76.2 cm³/mol. The Bertz CT molecular complexity index is 506. The van der Waals surface area contributed by atoms with Crippen molar-refractivity contribution in [3.05, 3.63) is 33.8 Å². The van der Waals surface area contributed by atoms with E-state index in [1.807, 2.05) is 0 Å². The third kappa shape index (κ3) is 2.42. The molecule has 1 fully saturated rings. The number of fused-ring (bicyclic) bond motifs is 1. The van der Waals surface area contributed by atoms with Crippen molar-refractivity contribution in [2.75, 3.05) is 19.6 Å². The Hall–Kier alpha value is -0.910. The zero-order valence-corrected chi connectivity index (χ0v) is 12.2. The van der Waals surface area contributed by atoms with Gasteiger partial charge < -0.3 is 10.4 Å². The molecular formula is C14H17BrN2O2. The number of halogens is 1. The van der Waals surface area contributed by atoms with Crippen molar-refractivity contribution >= 4 is 21.9 Å². The molecule has 0 spiro atoms. The first-order valence-corrected chi connectivity index (χ1v) is 7.43. The molecule has 2 aliphatic rings. The van der Waals surface area contributed by atoms with Gasteiger partial charge >= 0.3 is 5.97 Å². The largest absolute Gasteiger partial charge is 0.480 e. The van der Waals surface area contributed by atoms with E-state index in [9.17, 15) is 9.90 Å². The number of hydrogen-bond donors (Lipinski definition) is 2. The second-order valence-corrected chi connectivity index (χ2v) is 6.11. The maximum Gasteiger partial charge on any atom is 0.322 e. The molecule has 4 nitrogen and oxygen atoms in total. The van der Waals surface area contributed by atoms with Gasteiger partial charge in [-0.25, -0.2) is 0 Å². The van der Waals surface area contributed by atoms with Crippen LogP contribution in [0.25, 0.3) is 0 Å². The lowest BCUT2D eigenvalue weighted by molar-refractivity contribution is -0.145. The third-order valence-electron chi connectivity index (χ3n) is 4.12. The van der Waals surface area contributed by atoms with E-state index < -0.39 is 12.0 Å². The Kier molecular flexibility index (Phi) is 3.60. The molecule has 0 bridgehead atoms. The van der Waals surface area contributed by atoms with Crippen molar-refractivity contribution in [1.29, 1.82) is 0 Å². The van der Waals surface area contributed by atoms with E-state index in [4.69, 9.17) is 0 Å². The van der Waals surface area contributed by atoms with E-state index in [1.54, 1.807) is 0 Å². The number of aryl methyl sites for hydroxylation is 1. The minimum Gasteiger partial charge on any atom is -0.480 e. The normalized spacial score (nSPS) is 27.2. The van der Waals surface area contributed by atoms with Gasteiger partial charge in [-0.2, -0.15) is 0 Å². The van der Waals surface area contributed by atoms with Crippen LogP contribution in [0.1, 0.15) is 23.6 Å². The highest BCUT2D eigenvalue weighted by Crippen LogP contribution is 2.38. The summed E-state index contributed by atoms with van der Waals surface area (Å²) >= 11 is 3.50. The van der Waals surface area contributed by atoms with Crippen LogP contribution < -0.4 is 5.32 Å². The predicted octanol–water partition coefficient (Wildman–Crippen LogP) is 1.79. The Morgan fingerprint density at radius 1 is 1.47 bits per heavy atom. The van der Waals surface area contributed by atoms with Gasteiger partial charge in [0.25, 0.3) is 0 Å². The monoisotopic (exact) mass is 324 g/mol. The van der Waals surface area contributed by atoms with Gasteiger partial charge in [-0.3, -0.25) is 9.69 Å². The topological polar surface area (TPSA) is 52.6 Å². The summed E-state index contributed by atoms with van der Waals surface area (Å²) in [6, 6.07) is 6.19. The number of nitrogens with one attached hydrogen (secondary N) is 1. The highest BCUT2D eigenvalue weighted by molar-refractivity contribution is 9.10. The second kappa shape index (κ2) is 5.23. The summed E-state index contributed by atoms with van der Waals surface area (Å²) < 4.78 is 1.10. The standard InChI is InChI=1S/C14H17BrN2O2/c15-10-2-3-11-9(7-10)1-4-12(11)17-6-5-16-8-13(17)14(18)19/h2-3,7,12-13,16H,1,4-6,8H2,(H,18,19). The molecule has 5 heteroatoms. The van der Waals surface area contributed by atoms with E-state index in [1.165, 1.54) is 11.1 Å². The first kappa shape index (κ1) is 13.1. The number of rotatable bonds is 2. The molecule has 0 radical (unpaired) electrons. The summed E-state index contributed by atoms with van der Waals surface area (Å²) in [4.78, 5) is 13.5. The third-order valence-corrected chi connectivity index (χ3v) is 4.61. The van der Waals surface area contributed by atoms with Gasteiger partial charge in [0.1, 0.15) is 6.04 Å². The Morgan fingerprint density at radius 2 is 2.32 bits per heavy atom. The van der Waals surface area contributed by atoms with E-state index in [-0.39, 0.29) is 6.04 Å². The molecule has 3 rings (SSSR count). The van der Waals surface area contributed by atoms with Crippen molar-refractivity contribution in [3.8, 4) is 0 Å². The molecule has 1 aliphatic heterocycles. The summed E-state index contributed by atoms with van der Waals surface area (Å²) in [6.07, 6.45) is 2.06. The van der Waals surface area contributed by atoms with Gasteiger partial charge in [-0.1, -0.05) is 22.0 Å². The smallest absolute Gasteiger partial charge is 0.322 e. The molecule has 19 heavy (non-hydrogen) atoms. The maximum absolute atomic E-state index is 11.4. The van der Waals surface area contributed by atoms with Crippen molar-refractivity contribution < 1.29 is 9.90 Å². The van der Waals surface area contributed by atoms with Crippen LogP contribution in [0.4, 0.5) is 0 Å². The van der Waals surface area contributed by atoms with E-state index in [0.29, 0.717) is 6.54 Å². The SMILES string of the molecule is O=C(O)C1CNCCN1C1CCc2cc(Br)ccc21. The minimum absolute atomic E-state index is 0.256. The van der Waals surface area contributed by atoms with Crippen LogP contribution in [0.15, 0.2) is 22.7 Å². The Morgan fingerprint density at radius 3 is 3.11 bits per heavy atom. The zero-order valence-electron chi connectivity index (χ0n) is 10.6. The van der Waals surface area contributed by atoms with Crippen LogP contribution in [0.2, 0.25) is 0 Å². The van der Waals surface area contributed by atoms with Gasteiger partial charge in [0.15, 0.2) is 0 Å². The molecule has 1 saturated heterocycles. The number of benzene rings is 1. The van der Waals surface area contributed by atoms with Gasteiger partial charge in [-0.15, -0.1) is 0 Å². The van der Waals surface area contributed by atoms with Crippen LogP contribution in [-0.4, -0.2) is 41.7 Å². The number of piperazine rings is 1. The molecule has 2 atom stereocenters. The molecule has 0 amide bonds. The maximum atomic E-state index is 11.4. The number of aliphatic carboxylic acids is 1. The van der Waals surface area contributed by atoms with Crippen LogP contribution in [-0.2, 0) is 11.2 Å². The quantitative estimate of drug-likeness (QED) is 0.871. The molecule has 0 saturated carbocycles. The molecule has 102 valence electrons. The van der Waals surface area contributed by atoms with E-state index in [2.05, 4.69) is 44.3 Å².